The van der Waals surface area contributed by atoms with Gasteiger partial charge in [-0.25, -0.2) is 0 Å². The Bertz CT molecular complexity index is 932. The number of aromatic nitrogens is 2. The number of H-pyrrole nitrogens is 1. The molecule has 0 radical (unpaired) electrons. The summed E-state index contributed by atoms with van der Waals surface area (Å²) < 4.78 is 0. The highest BCUT2D eigenvalue weighted by Gasteiger charge is 2.30. The van der Waals surface area contributed by atoms with E-state index >= 15 is 0 Å². The second-order valence-electron chi connectivity index (χ2n) is 7.73. The van der Waals surface area contributed by atoms with E-state index in [0.717, 1.165) is 17.6 Å². The first-order valence-corrected chi connectivity index (χ1v) is 9.64. The van der Waals surface area contributed by atoms with Crippen LogP contribution < -0.4 is 10.6 Å². The highest BCUT2D eigenvalue weighted by molar-refractivity contribution is 5.90. The maximum Gasteiger partial charge on any atom is 0.237 e. The summed E-state index contributed by atoms with van der Waals surface area (Å²) in [7, 11) is 0. The van der Waals surface area contributed by atoms with E-state index in [1.54, 1.807) is 6.20 Å². The minimum absolute atomic E-state index is 0.0246. The molecule has 1 aliphatic heterocycles. The predicted octanol–water partition coefficient (Wildman–Crippen LogP) is 3.48. The first-order valence-electron chi connectivity index (χ1n) is 9.64. The maximum atomic E-state index is 12.9. The van der Waals surface area contributed by atoms with E-state index in [0.29, 0.717) is 18.9 Å². The van der Waals surface area contributed by atoms with Crippen molar-refractivity contribution in [1.29, 1.82) is 0 Å². The van der Waals surface area contributed by atoms with Gasteiger partial charge in [-0.15, -0.1) is 0 Å². The number of hydrogen-bond acceptors (Lipinski definition) is 3. The molecule has 3 N–H and O–H groups in total. The van der Waals surface area contributed by atoms with Crippen LogP contribution >= 0.6 is 0 Å². The van der Waals surface area contributed by atoms with Crippen LogP contribution in [0, 0.1) is 5.92 Å². The summed E-state index contributed by atoms with van der Waals surface area (Å²) >= 11 is 0. The van der Waals surface area contributed by atoms with Crippen LogP contribution in [0.4, 0.5) is 0 Å². The molecule has 4 rings (SSSR count). The molecule has 0 saturated carbocycles. The Kier molecular flexibility index (Phi) is 4.94. The van der Waals surface area contributed by atoms with Crippen LogP contribution in [0.1, 0.15) is 43.1 Å². The van der Waals surface area contributed by atoms with E-state index in [1.807, 2.05) is 24.4 Å². The third-order valence-electron chi connectivity index (χ3n) is 5.22. The van der Waals surface area contributed by atoms with Crippen molar-refractivity contribution >= 4 is 16.8 Å². The first-order chi connectivity index (χ1) is 13.1. The molecule has 1 amide bonds. The summed E-state index contributed by atoms with van der Waals surface area (Å²) in [5.41, 5.74) is 4.51. The molecule has 0 spiro atoms. The summed E-state index contributed by atoms with van der Waals surface area (Å²) in [6.45, 7) is 4.89. The van der Waals surface area contributed by atoms with Crippen LogP contribution in [0.25, 0.3) is 10.9 Å². The quantitative estimate of drug-likeness (QED) is 0.651. The number of nitrogens with zero attached hydrogens (tertiary/aromatic N) is 1. The van der Waals surface area contributed by atoms with Gasteiger partial charge in [0.2, 0.25) is 5.91 Å². The van der Waals surface area contributed by atoms with Gasteiger partial charge in [0, 0.05) is 29.3 Å². The second kappa shape index (κ2) is 7.53. The van der Waals surface area contributed by atoms with Crippen LogP contribution in [0.3, 0.4) is 0 Å². The molecule has 3 aromatic rings. The fraction of sp³-hybridized carbons (Fsp3) is 0.364. The third-order valence-corrected chi connectivity index (χ3v) is 5.22. The van der Waals surface area contributed by atoms with Crippen molar-refractivity contribution in [3.63, 3.8) is 0 Å². The van der Waals surface area contributed by atoms with Crippen LogP contribution in [-0.2, 0) is 17.8 Å². The molecule has 5 nitrogen and oxygen atoms in total. The predicted molar refractivity (Wildman–Crippen MR) is 107 cm³/mol. The fourth-order valence-electron chi connectivity index (χ4n) is 3.99. The number of pyridine rings is 1. The van der Waals surface area contributed by atoms with Gasteiger partial charge in [0.1, 0.15) is 0 Å². The van der Waals surface area contributed by atoms with Gasteiger partial charge in [-0.1, -0.05) is 32.0 Å². The van der Waals surface area contributed by atoms with Gasteiger partial charge in [0.15, 0.2) is 0 Å². The molecule has 1 aliphatic rings. The average Bonchev–Trinajstić information content (AvgIpc) is 3.01. The van der Waals surface area contributed by atoms with Crippen molar-refractivity contribution in [2.75, 3.05) is 0 Å². The van der Waals surface area contributed by atoms with Gasteiger partial charge in [0.25, 0.3) is 0 Å². The molecule has 0 saturated heterocycles. The van der Waals surface area contributed by atoms with Gasteiger partial charge >= 0.3 is 0 Å². The SMILES string of the molecule is CC(C)C[C@@H]1N[C@H](C(=O)NCc2ccccn2)Cc2c[nH]c3cccc1c23. The second-order valence-corrected chi connectivity index (χ2v) is 7.73. The molecule has 3 heterocycles. The molecule has 5 heteroatoms. The van der Waals surface area contributed by atoms with Crippen LogP contribution in [0.2, 0.25) is 0 Å². The molecule has 27 heavy (non-hydrogen) atoms. The zero-order valence-electron chi connectivity index (χ0n) is 15.8. The lowest BCUT2D eigenvalue weighted by Gasteiger charge is -2.25. The average molecular weight is 362 g/mol. The van der Waals surface area contributed by atoms with E-state index in [9.17, 15) is 4.79 Å². The lowest BCUT2D eigenvalue weighted by Crippen LogP contribution is -2.46. The minimum atomic E-state index is -0.260. The van der Waals surface area contributed by atoms with Crippen molar-refractivity contribution in [3.8, 4) is 0 Å². The van der Waals surface area contributed by atoms with Gasteiger partial charge < -0.3 is 10.3 Å². The molecule has 0 unspecified atom stereocenters. The van der Waals surface area contributed by atoms with E-state index in [2.05, 4.69) is 52.6 Å². The molecule has 1 aromatic carbocycles. The number of carbonyl (C=O) groups is 1. The summed E-state index contributed by atoms with van der Waals surface area (Å²) in [6, 6.07) is 12.0. The summed E-state index contributed by atoms with van der Waals surface area (Å²) in [6.07, 6.45) is 5.47. The van der Waals surface area contributed by atoms with E-state index in [4.69, 9.17) is 0 Å². The van der Waals surface area contributed by atoms with Crippen molar-refractivity contribution < 1.29 is 4.79 Å². The van der Waals surface area contributed by atoms with Crippen molar-refractivity contribution in [2.24, 2.45) is 5.92 Å². The fourth-order valence-corrected chi connectivity index (χ4v) is 3.99. The molecular formula is C22H26N4O. The van der Waals surface area contributed by atoms with Gasteiger partial charge in [-0.05, 0) is 48.1 Å². The lowest BCUT2D eigenvalue weighted by molar-refractivity contribution is -0.123. The normalized spacial score (nSPS) is 19.2. The van der Waals surface area contributed by atoms with Crippen LogP contribution in [0.15, 0.2) is 48.8 Å². The van der Waals surface area contributed by atoms with Crippen LogP contribution in [0.5, 0.6) is 0 Å². The number of carbonyl (C=O) groups excluding carboxylic acids is 1. The van der Waals surface area contributed by atoms with Crippen LogP contribution in [-0.4, -0.2) is 21.9 Å². The van der Waals surface area contributed by atoms with Crippen molar-refractivity contribution in [3.05, 3.63) is 65.6 Å². The maximum absolute atomic E-state index is 12.9. The number of rotatable bonds is 5. The zero-order valence-corrected chi connectivity index (χ0v) is 15.8. The van der Waals surface area contributed by atoms with Gasteiger partial charge in [0.05, 0.1) is 18.3 Å². The number of aromatic amines is 1. The summed E-state index contributed by atoms with van der Waals surface area (Å²) in [5.74, 6) is 0.562. The Morgan fingerprint density at radius 1 is 1.26 bits per heavy atom. The number of hydrogen-bond donors (Lipinski definition) is 3. The van der Waals surface area contributed by atoms with Gasteiger partial charge in [-0.2, -0.15) is 0 Å². The minimum Gasteiger partial charge on any atom is -0.361 e. The van der Waals surface area contributed by atoms with E-state index < -0.39 is 0 Å². The molecule has 0 fully saturated rings. The molecule has 140 valence electrons. The molecule has 0 aliphatic carbocycles. The molecule has 0 bridgehead atoms. The number of amides is 1. The first kappa shape index (κ1) is 17.7. The topological polar surface area (TPSA) is 69.8 Å². The van der Waals surface area contributed by atoms with Crippen molar-refractivity contribution in [2.45, 2.75) is 45.3 Å². The Labute approximate surface area is 159 Å². The van der Waals surface area contributed by atoms with E-state index in [-0.39, 0.29) is 18.0 Å². The third kappa shape index (κ3) is 3.74. The zero-order chi connectivity index (χ0) is 18.8. The van der Waals surface area contributed by atoms with Crippen molar-refractivity contribution in [1.82, 2.24) is 20.6 Å². The number of benzene rings is 1. The summed E-state index contributed by atoms with van der Waals surface area (Å²) in [4.78, 5) is 20.6. The smallest absolute Gasteiger partial charge is 0.237 e. The highest BCUT2D eigenvalue weighted by Crippen LogP contribution is 2.34. The monoisotopic (exact) mass is 362 g/mol. The van der Waals surface area contributed by atoms with Gasteiger partial charge in [-0.3, -0.25) is 15.1 Å². The largest absolute Gasteiger partial charge is 0.361 e. The Morgan fingerprint density at radius 3 is 2.93 bits per heavy atom. The molecular weight excluding hydrogens is 336 g/mol. The Morgan fingerprint density at radius 2 is 2.15 bits per heavy atom. The molecule has 2 atom stereocenters. The van der Waals surface area contributed by atoms with E-state index in [1.165, 1.54) is 16.5 Å². The summed E-state index contributed by atoms with van der Waals surface area (Å²) in [5, 5.41) is 7.95. The Balaban J connectivity index is 1.58. The standard InChI is InChI=1S/C22H26N4O/c1-14(2)10-19-17-7-5-8-18-21(17)15(12-24-18)11-20(26-19)22(27)25-13-16-6-3-4-9-23-16/h3-9,12,14,19-20,24,26H,10-11,13H2,1-2H3,(H,25,27)/t19-,20-/m0/s1. The number of nitrogens with one attached hydrogen (secondary N) is 3. The molecule has 2 aromatic heterocycles. The Hall–Kier alpha value is -2.66. The highest BCUT2D eigenvalue weighted by atomic mass is 16.2. The lowest BCUT2D eigenvalue weighted by atomic mass is 9.94.